The van der Waals surface area contributed by atoms with Crippen LogP contribution in [0.1, 0.15) is 29.8 Å². The van der Waals surface area contributed by atoms with Crippen LogP contribution in [0.2, 0.25) is 0 Å². The summed E-state index contributed by atoms with van der Waals surface area (Å²) in [5.74, 6) is 1.07. The monoisotopic (exact) mass is 399 g/mol. The molecule has 0 saturated carbocycles. The van der Waals surface area contributed by atoms with Crippen LogP contribution in [0, 0.1) is 0 Å². The Morgan fingerprint density at radius 1 is 1.10 bits per heavy atom. The predicted molar refractivity (Wildman–Crippen MR) is 122 cm³/mol. The summed E-state index contributed by atoms with van der Waals surface area (Å²) < 4.78 is 5.63. The number of benzene rings is 2. The van der Waals surface area contributed by atoms with Crippen molar-refractivity contribution in [3.63, 3.8) is 0 Å². The molecule has 0 unspecified atom stereocenters. The summed E-state index contributed by atoms with van der Waals surface area (Å²) in [4.78, 5) is 19.2. The summed E-state index contributed by atoms with van der Waals surface area (Å²) in [5, 5.41) is 4.95. The van der Waals surface area contributed by atoms with Crippen LogP contribution in [0.4, 0.5) is 5.82 Å². The Morgan fingerprint density at radius 3 is 2.63 bits per heavy atom. The number of fused-ring (bicyclic) bond motifs is 1. The number of carbonyl (C=O) groups is 1. The minimum absolute atomic E-state index is 0.0941. The van der Waals surface area contributed by atoms with Crippen molar-refractivity contribution in [3.8, 4) is 5.75 Å². The van der Waals surface area contributed by atoms with E-state index in [0.717, 1.165) is 34.2 Å². The molecule has 0 aliphatic carbocycles. The quantitative estimate of drug-likeness (QED) is 0.647. The number of aromatic nitrogens is 1. The smallest absolute Gasteiger partial charge is 0.256 e. The van der Waals surface area contributed by atoms with Crippen molar-refractivity contribution >= 4 is 28.1 Å². The van der Waals surface area contributed by atoms with Crippen LogP contribution in [-0.2, 0) is 0 Å². The lowest BCUT2D eigenvalue weighted by Gasteiger charge is -2.18. The van der Waals surface area contributed by atoms with Crippen molar-refractivity contribution in [3.05, 3.63) is 84.2 Å². The summed E-state index contributed by atoms with van der Waals surface area (Å²) in [7, 11) is 2.06. The van der Waals surface area contributed by atoms with Crippen molar-refractivity contribution in [1.29, 1.82) is 0 Å². The highest BCUT2D eigenvalue weighted by Gasteiger charge is 2.10. The van der Waals surface area contributed by atoms with Crippen LogP contribution >= 0.6 is 0 Å². The molecule has 2 aromatic carbocycles. The third kappa shape index (κ3) is 4.51. The van der Waals surface area contributed by atoms with Crippen molar-refractivity contribution in [2.75, 3.05) is 18.9 Å². The fourth-order valence-corrected chi connectivity index (χ4v) is 3.38. The average Bonchev–Trinajstić information content (AvgIpc) is 2.73. The fourth-order valence-electron chi connectivity index (χ4n) is 3.38. The molecule has 3 aromatic rings. The number of anilines is 1. The third-order valence-electron chi connectivity index (χ3n) is 4.84. The zero-order chi connectivity index (χ0) is 21.1. The average molecular weight is 399 g/mol. The van der Waals surface area contributed by atoms with Crippen LogP contribution < -0.4 is 10.1 Å². The standard InChI is InChI=1S/C25H25N3O2/c1-17(2)30-23-10-8-18(9-11-23)25(29)27-24-14-22-13-19(6-7-20(22)15-26-24)21-5-4-12-28(3)16-21/h4-11,13-17H,12H2,1-3H3,(H,26,27,29). The van der Waals surface area contributed by atoms with E-state index in [9.17, 15) is 4.79 Å². The molecule has 2 heterocycles. The molecule has 1 N–H and O–H groups in total. The Kier molecular flexibility index (Phi) is 5.53. The molecular formula is C25H25N3O2. The van der Waals surface area contributed by atoms with Crippen LogP contribution in [0.5, 0.6) is 5.75 Å². The first-order valence-corrected chi connectivity index (χ1v) is 10.0. The minimum atomic E-state index is -0.200. The molecule has 30 heavy (non-hydrogen) atoms. The number of carbonyl (C=O) groups excluding carboxylic acids is 1. The highest BCUT2D eigenvalue weighted by atomic mass is 16.5. The number of allylic oxidation sites excluding steroid dienone is 2. The van der Waals surface area contributed by atoms with Gasteiger partial charge in [0.1, 0.15) is 11.6 Å². The van der Waals surface area contributed by atoms with Crippen LogP contribution in [0.25, 0.3) is 16.3 Å². The van der Waals surface area contributed by atoms with Gasteiger partial charge in [0.25, 0.3) is 5.91 Å². The molecule has 1 aliphatic rings. The van der Waals surface area contributed by atoms with Gasteiger partial charge in [0.15, 0.2) is 0 Å². The molecule has 0 radical (unpaired) electrons. The molecule has 0 saturated heterocycles. The number of likely N-dealkylation sites (N-methyl/N-ethyl adjacent to an activating group) is 1. The van der Waals surface area contributed by atoms with Gasteiger partial charge in [0.2, 0.25) is 0 Å². The number of pyridine rings is 1. The maximum Gasteiger partial charge on any atom is 0.256 e. The van der Waals surface area contributed by atoms with E-state index in [1.165, 1.54) is 0 Å². The largest absolute Gasteiger partial charge is 0.491 e. The highest BCUT2D eigenvalue weighted by Crippen LogP contribution is 2.25. The summed E-state index contributed by atoms with van der Waals surface area (Å²) in [5.41, 5.74) is 2.86. The minimum Gasteiger partial charge on any atom is -0.491 e. The number of rotatable bonds is 5. The van der Waals surface area contributed by atoms with E-state index in [1.54, 1.807) is 30.5 Å². The van der Waals surface area contributed by atoms with Crippen LogP contribution in [0.3, 0.4) is 0 Å². The highest BCUT2D eigenvalue weighted by molar-refractivity contribution is 6.04. The van der Waals surface area contributed by atoms with E-state index < -0.39 is 0 Å². The van der Waals surface area contributed by atoms with Crippen molar-refractivity contribution in [2.45, 2.75) is 20.0 Å². The van der Waals surface area contributed by atoms with Gasteiger partial charge in [0, 0.05) is 36.9 Å². The molecule has 0 atom stereocenters. The van der Waals surface area contributed by atoms with E-state index in [-0.39, 0.29) is 12.0 Å². The van der Waals surface area contributed by atoms with Gasteiger partial charge in [-0.15, -0.1) is 0 Å². The SMILES string of the molecule is CC(C)Oc1ccc(C(=O)Nc2cc3cc(C4=CN(C)CC=C4)ccc3cn2)cc1. The van der Waals surface area contributed by atoms with E-state index in [4.69, 9.17) is 4.74 Å². The summed E-state index contributed by atoms with van der Waals surface area (Å²) in [6, 6.07) is 15.3. The van der Waals surface area contributed by atoms with E-state index in [2.05, 4.69) is 58.8 Å². The molecule has 1 aromatic heterocycles. The second-order valence-corrected chi connectivity index (χ2v) is 7.70. The van der Waals surface area contributed by atoms with E-state index in [0.29, 0.717) is 11.4 Å². The summed E-state index contributed by atoms with van der Waals surface area (Å²) in [6.07, 6.45) is 8.30. The van der Waals surface area contributed by atoms with Crippen LogP contribution in [-0.4, -0.2) is 35.5 Å². The first-order valence-electron chi connectivity index (χ1n) is 10.0. The van der Waals surface area contributed by atoms with Gasteiger partial charge in [-0.2, -0.15) is 0 Å². The molecule has 5 heteroatoms. The van der Waals surface area contributed by atoms with Crippen molar-refractivity contribution in [1.82, 2.24) is 9.88 Å². The Balaban J connectivity index is 1.54. The number of nitrogens with zero attached hydrogens (tertiary/aromatic N) is 2. The molecule has 4 rings (SSSR count). The topological polar surface area (TPSA) is 54.5 Å². The molecule has 152 valence electrons. The second kappa shape index (κ2) is 8.41. The van der Waals surface area contributed by atoms with Gasteiger partial charge in [-0.1, -0.05) is 24.3 Å². The van der Waals surface area contributed by atoms with E-state index in [1.807, 2.05) is 19.9 Å². The number of ether oxygens (including phenoxy) is 1. The van der Waals surface area contributed by atoms with Gasteiger partial charge in [-0.3, -0.25) is 4.79 Å². The zero-order valence-corrected chi connectivity index (χ0v) is 17.4. The molecule has 0 bridgehead atoms. The number of hydrogen-bond acceptors (Lipinski definition) is 4. The molecule has 1 amide bonds. The summed E-state index contributed by atoms with van der Waals surface area (Å²) >= 11 is 0. The van der Waals surface area contributed by atoms with Crippen LogP contribution in [0.15, 0.2) is 73.1 Å². The lowest BCUT2D eigenvalue weighted by atomic mass is 10.0. The molecule has 1 aliphatic heterocycles. The van der Waals surface area contributed by atoms with Gasteiger partial charge < -0.3 is 15.0 Å². The Morgan fingerprint density at radius 2 is 1.90 bits per heavy atom. The van der Waals surface area contributed by atoms with E-state index >= 15 is 0 Å². The lowest BCUT2D eigenvalue weighted by molar-refractivity contribution is 0.102. The van der Waals surface area contributed by atoms with Gasteiger partial charge >= 0.3 is 0 Å². The normalized spacial score (nSPS) is 13.5. The number of amides is 1. The Labute approximate surface area is 176 Å². The van der Waals surface area contributed by atoms with Crippen molar-refractivity contribution in [2.24, 2.45) is 0 Å². The first kappa shape index (κ1) is 19.7. The lowest BCUT2D eigenvalue weighted by Crippen LogP contribution is -2.13. The number of hydrogen-bond donors (Lipinski definition) is 1. The second-order valence-electron chi connectivity index (χ2n) is 7.70. The number of nitrogens with one attached hydrogen (secondary N) is 1. The maximum absolute atomic E-state index is 12.6. The van der Waals surface area contributed by atoms with Gasteiger partial charge in [-0.05, 0) is 66.8 Å². The fraction of sp³-hybridized carbons (Fsp3) is 0.200. The maximum atomic E-state index is 12.6. The first-order chi connectivity index (χ1) is 14.5. The Hall–Kier alpha value is -3.60. The van der Waals surface area contributed by atoms with Gasteiger partial charge in [-0.25, -0.2) is 4.98 Å². The Bertz CT molecular complexity index is 1130. The summed E-state index contributed by atoms with van der Waals surface area (Å²) in [6.45, 7) is 4.86. The predicted octanol–water partition coefficient (Wildman–Crippen LogP) is 5.12. The molecule has 0 fully saturated rings. The van der Waals surface area contributed by atoms with Crippen molar-refractivity contribution < 1.29 is 9.53 Å². The third-order valence-corrected chi connectivity index (χ3v) is 4.84. The zero-order valence-electron chi connectivity index (χ0n) is 17.4. The van der Waals surface area contributed by atoms with Gasteiger partial charge in [0.05, 0.1) is 6.10 Å². The molecule has 0 spiro atoms. The molecular weight excluding hydrogens is 374 g/mol. The molecule has 5 nitrogen and oxygen atoms in total.